The lowest BCUT2D eigenvalue weighted by molar-refractivity contribution is 0.0524. The monoisotopic (exact) mass is 301 g/mol. The molecule has 1 saturated carbocycles. The maximum Gasteiger partial charge on any atom is 0.411 e. The van der Waals surface area contributed by atoms with Gasteiger partial charge < -0.3 is 4.74 Å². The molecule has 0 radical (unpaired) electrons. The molecule has 0 saturated heterocycles. The van der Waals surface area contributed by atoms with E-state index in [-0.39, 0.29) is 6.10 Å². The van der Waals surface area contributed by atoms with Crippen LogP contribution in [0.4, 0.5) is 10.5 Å². The van der Waals surface area contributed by atoms with Crippen LogP contribution >= 0.6 is 23.2 Å². The number of carbonyl (C=O) groups is 1. The highest BCUT2D eigenvalue weighted by atomic mass is 35.5. The molecule has 1 aromatic carbocycles. The summed E-state index contributed by atoms with van der Waals surface area (Å²) in [4.78, 5) is 11.8. The van der Waals surface area contributed by atoms with E-state index in [1.807, 2.05) is 0 Å². The van der Waals surface area contributed by atoms with Gasteiger partial charge in [-0.2, -0.15) is 0 Å². The first-order valence-corrected chi connectivity index (χ1v) is 7.24. The van der Waals surface area contributed by atoms with Crippen LogP contribution in [0.3, 0.4) is 0 Å². The molecule has 1 amide bonds. The van der Waals surface area contributed by atoms with Gasteiger partial charge in [-0.15, -0.1) is 0 Å². The zero-order chi connectivity index (χ0) is 13.8. The molecular formula is C14H17Cl2NO2. The van der Waals surface area contributed by atoms with Crippen molar-refractivity contribution in [2.75, 3.05) is 5.32 Å². The van der Waals surface area contributed by atoms with E-state index in [1.165, 1.54) is 6.42 Å². The van der Waals surface area contributed by atoms with Gasteiger partial charge in [-0.3, -0.25) is 5.32 Å². The van der Waals surface area contributed by atoms with Crippen LogP contribution in [-0.4, -0.2) is 12.2 Å². The quantitative estimate of drug-likeness (QED) is 0.823. The molecule has 0 aromatic heterocycles. The lowest BCUT2D eigenvalue weighted by Gasteiger charge is -2.28. The summed E-state index contributed by atoms with van der Waals surface area (Å²) in [6, 6.07) is 4.94. The van der Waals surface area contributed by atoms with E-state index in [2.05, 4.69) is 12.2 Å². The molecule has 3 nitrogen and oxygen atoms in total. The van der Waals surface area contributed by atoms with Gasteiger partial charge >= 0.3 is 6.09 Å². The van der Waals surface area contributed by atoms with Crippen LogP contribution in [0.15, 0.2) is 18.2 Å². The van der Waals surface area contributed by atoms with E-state index < -0.39 is 6.09 Å². The summed E-state index contributed by atoms with van der Waals surface area (Å²) in [5, 5.41) is 3.54. The van der Waals surface area contributed by atoms with E-state index in [0.717, 1.165) is 19.3 Å². The van der Waals surface area contributed by atoms with Gasteiger partial charge in [0.05, 0.1) is 10.0 Å². The Kier molecular flexibility index (Phi) is 4.94. The number of amides is 1. The van der Waals surface area contributed by atoms with Crippen LogP contribution in [0.2, 0.25) is 10.0 Å². The normalized spacial score (nSPS) is 22.9. The van der Waals surface area contributed by atoms with Crippen LogP contribution in [0.25, 0.3) is 0 Å². The predicted octanol–water partition coefficient (Wildman–Crippen LogP) is 5.12. The number of anilines is 1. The van der Waals surface area contributed by atoms with Gasteiger partial charge in [0.25, 0.3) is 0 Å². The van der Waals surface area contributed by atoms with Crippen LogP contribution < -0.4 is 5.32 Å². The lowest BCUT2D eigenvalue weighted by atomic mass is 9.88. The molecule has 1 fully saturated rings. The number of hydrogen-bond acceptors (Lipinski definition) is 2. The van der Waals surface area contributed by atoms with Gasteiger partial charge in [-0.25, -0.2) is 4.79 Å². The summed E-state index contributed by atoms with van der Waals surface area (Å²) in [5.41, 5.74) is 0.586. The fourth-order valence-corrected chi connectivity index (χ4v) is 2.61. The predicted molar refractivity (Wildman–Crippen MR) is 78.0 cm³/mol. The van der Waals surface area contributed by atoms with Crippen molar-refractivity contribution in [2.24, 2.45) is 5.92 Å². The molecule has 0 spiro atoms. The fourth-order valence-electron chi connectivity index (χ4n) is 2.32. The molecule has 2 rings (SSSR count). The molecule has 1 aromatic rings. The van der Waals surface area contributed by atoms with Crippen molar-refractivity contribution in [3.63, 3.8) is 0 Å². The highest BCUT2D eigenvalue weighted by Crippen LogP contribution is 2.28. The Morgan fingerprint density at radius 2 is 2.00 bits per heavy atom. The standard InChI is InChI=1S/C14H17Cl2NO2/c1-9-4-2-3-5-13(9)19-14(18)17-10-6-7-11(15)12(16)8-10/h6-9,13H,2-5H2,1H3,(H,17,18)/t9-,13+/m0/s1. The topological polar surface area (TPSA) is 38.3 Å². The average molecular weight is 302 g/mol. The molecule has 0 bridgehead atoms. The SMILES string of the molecule is C[C@H]1CCCC[C@H]1OC(=O)Nc1ccc(Cl)c(Cl)c1. The maximum atomic E-state index is 11.8. The number of nitrogens with one attached hydrogen (secondary N) is 1. The number of rotatable bonds is 2. The molecule has 19 heavy (non-hydrogen) atoms. The first kappa shape index (κ1) is 14.5. The van der Waals surface area contributed by atoms with E-state index in [9.17, 15) is 4.79 Å². The minimum absolute atomic E-state index is 0.0107. The van der Waals surface area contributed by atoms with Crippen LogP contribution in [0, 0.1) is 5.92 Å². The third-order valence-electron chi connectivity index (χ3n) is 3.46. The highest BCUT2D eigenvalue weighted by Gasteiger charge is 2.24. The molecule has 0 unspecified atom stereocenters. The molecule has 5 heteroatoms. The van der Waals surface area contributed by atoms with E-state index in [4.69, 9.17) is 27.9 Å². The Morgan fingerprint density at radius 3 is 2.68 bits per heavy atom. The highest BCUT2D eigenvalue weighted by molar-refractivity contribution is 6.42. The summed E-state index contributed by atoms with van der Waals surface area (Å²) in [6.45, 7) is 2.12. The number of halogens is 2. The van der Waals surface area contributed by atoms with E-state index >= 15 is 0 Å². The third-order valence-corrected chi connectivity index (χ3v) is 4.20. The molecular weight excluding hydrogens is 285 g/mol. The van der Waals surface area contributed by atoms with Crippen LogP contribution in [0.1, 0.15) is 32.6 Å². The van der Waals surface area contributed by atoms with E-state index in [1.54, 1.807) is 18.2 Å². The molecule has 2 atom stereocenters. The van der Waals surface area contributed by atoms with Crippen LogP contribution in [-0.2, 0) is 4.74 Å². The fraction of sp³-hybridized carbons (Fsp3) is 0.500. The third kappa shape index (κ3) is 4.02. The summed E-state index contributed by atoms with van der Waals surface area (Å²) in [6.07, 6.45) is 3.97. The lowest BCUT2D eigenvalue weighted by Crippen LogP contribution is -2.30. The Hall–Kier alpha value is -0.930. The molecule has 0 aliphatic heterocycles. The van der Waals surface area contributed by atoms with Crippen molar-refractivity contribution in [3.05, 3.63) is 28.2 Å². The zero-order valence-corrected chi connectivity index (χ0v) is 12.3. The minimum Gasteiger partial charge on any atom is -0.446 e. The minimum atomic E-state index is -0.433. The second-order valence-electron chi connectivity index (χ2n) is 4.96. The Bertz CT molecular complexity index is 465. The van der Waals surface area contributed by atoms with E-state index in [0.29, 0.717) is 21.7 Å². The van der Waals surface area contributed by atoms with Crippen LogP contribution in [0.5, 0.6) is 0 Å². The smallest absolute Gasteiger partial charge is 0.411 e. The summed E-state index contributed by atoms with van der Waals surface area (Å²) < 4.78 is 5.45. The van der Waals surface area contributed by atoms with Crippen molar-refractivity contribution in [3.8, 4) is 0 Å². The average Bonchev–Trinajstić information content (AvgIpc) is 2.37. The van der Waals surface area contributed by atoms with Crippen molar-refractivity contribution in [2.45, 2.75) is 38.7 Å². The summed E-state index contributed by atoms with van der Waals surface area (Å²) >= 11 is 11.7. The number of hydrogen-bond donors (Lipinski definition) is 1. The Morgan fingerprint density at radius 1 is 1.26 bits per heavy atom. The van der Waals surface area contributed by atoms with Gasteiger partial charge in [0.1, 0.15) is 6.10 Å². The molecule has 1 N–H and O–H groups in total. The molecule has 0 heterocycles. The van der Waals surface area contributed by atoms with Crippen molar-refractivity contribution in [1.29, 1.82) is 0 Å². The zero-order valence-electron chi connectivity index (χ0n) is 10.8. The molecule has 1 aliphatic carbocycles. The number of benzene rings is 1. The van der Waals surface area contributed by atoms with Gasteiger partial charge in [0.15, 0.2) is 0 Å². The van der Waals surface area contributed by atoms with Crippen molar-refractivity contribution < 1.29 is 9.53 Å². The van der Waals surface area contributed by atoms with Gasteiger partial charge in [-0.05, 0) is 43.4 Å². The van der Waals surface area contributed by atoms with Gasteiger partial charge in [0, 0.05) is 5.69 Å². The van der Waals surface area contributed by atoms with Gasteiger partial charge in [0.2, 0.25) is 0 Å². The first-order chi connectivity index (χ1) is 9.06. The maximum absolute atomic E-state index is 11.8. The molecule has 104 valence electrons. The Balaban J connectivity index is 1.91. The summed E-state index contributed by atoms with van der Waals surface area (Å²) in [7, 11) is 0. The Labute approximate surface area is 123 Å². The second kappa shape index (κ2) is 6.49. The number of ether oxygens (including phenoxy) is 1. The first-order valence-electron chi connectivity index (χ1n) is 6.49. The van der Waals surface area contributed by atoms with Gasteiger partial charge in [-0.1, -0.05) is 36.5 Å². The number of carbonyl (C=O) groups excluding carboxylic acids is 1. The van der Waals surface area contributed by atoms with Crippen molar-refractivity contribution in [1.82, 2.24) is 0 Å². The largest absolute Gasteiger partial charge is 0.446 e. The second-order valence-corrected chi connectivity index (χ2v) is 5.77. The summed E-state index contributed by atoms with van der Waals surface area (Å²) in [5.74, 6) is 0.424. The van der Waals surface area contributed by atoms with Crippen molar-refractivity contribution >= 4 is 35.0 Å². The molecule has 1 aliphatic rings.